The Morgan fingerprint density at radius 2 is 1.93 bits per heavy atom. The topological polar surface area (TPSA) is 91.8 Å². The Kier molecular flexibility index (Phi) is 9.17. The summed E-state index contributed by atoms with van der Waals surface area (Å²) in [7, 11) is -1.92. The molecule has 3 N–H and O–H groups in total. The number of hydrogen-bond acceptors (Lipinski definition) is 4. The molecule has 0 radical (unpaired) electrons. The third-order valence-electron chi connectivity index (χ3n) is 4.30. The van der Waals surface area contributed by atoms with E-state index in [1.165, 1.54) is 0 Å². The molecule has 0 aromatic heterocycles. The molecule has 0 spiro atoms. The van der Waals surface area contributed by atoms with Gasteiger partial charge >= 0.3 is 0 Å². The van der Waals surface area contributed by atoms with Crippen LogP contribution in [0.25, 0.3) is 0 Å². The third kappa shape index (κ3) is 7.49. The van der Waals surface area contributed by atoms with Gasteiger partial charge in [0.25, 0.3) is 0 Å². The summed E-state index contributed by atoms with van der Waals surface area (Å²) >= 11 is 0. The molecular weight excluding hydrogens is 491 g/mol. The number of rotatable bonds is 6. The van der Waals surface area contributed by atoms with E-state index >= 15 is 0 Å². The van der Waals surface area contributed by atoms with Gasteiger partial charge in [-0.1, -0.05) is 18.2 Å². The molecule has 7 nitrogen and oxygen atoms in total. The summed E-state index contributed by atoms with van der Waals surface area (Å²) < 4.78 is 33.9. The fraction of sp³-hybridized carbons (Fsp3) is 0.632. The zero-order valence-electron chi connectivity index (χ0n) is 17.3. The number of nitrogens with one attached hydrogen (secondary N) is 3. The fourth-order valence-corrected chi connectivity index (χ4v) is 4.68. The Hall–Kier alpha value is -0.910. The zero-order chi connectivity index (χ0) is 20.1. The molecule has 9 heteroatoms. The molecule has 28 heavy (non-hydrogen) atoms. The summed E-state index contributed by atoms with van der Waals surface area (Å²) in [6.07, 6.45) is 2.08. The molecule has 1 saturated heterocycles. The Morgan fingerprint density at radius 1 is 1.25 bits per heavy atom. The average Bonchev–Trinajstić information content (AvgIpc) is 3.00. The van der Waals surface area contributed by atoms with Crippen LogP contribution in [0.4, 0.5) is 0 Å². The van der Waals surface area contributed by atoms with E-state index in [4.69, 9.17) is 4.74 Å². The van der Waals surface area contributed by atoms with Crippen molar-refractivity contribution in [1.29, 1.82) is 0 Å². The number of hydrogen-bond donors (Lipinski definition) is 3. The van der Waals surface area contributed by atoms with E-state index in [-0.39, 0.29) is 34.5 Å². The van der Waals surface area contributed by atoms with Crippen LogP contribution in [-0.4, -0.2) is 45.7 Å². The maximum atomic E-state index is 12.7. The van der Waals surface area contributed by atoms with E-state index in [0.29, 0.717) is 24.6 Å². The van der Waals surface area contributed by atoms with Gasteiger partial charge in [-0.3, -0.25) is 4.99 Å². The SMILES string of the molecule is CN=C(NCc1ccccc1S(=O)(=O)NC(C)(C)C)NCC1(C)CCCO1.I. The van der Waals surface area contributed by atoms with Gasteiger partial charge in [-0.2, -0.15) is 0 Å². The number of aliphatic imine (C=N–C) groups is 1. The average molecular weight is 524 g/mol. The molecule has 0 bridgehead atoms. The number of halogens is 1. The van der Waals surface area contributed by atoms with Gasteiger partial charge in [0.05, 0.1) is 10.5 Å². The summed E-state index contributed by atoms with van der Waals surface area (Å²) in [6, 6.07) is 6.98. The molecule has 1 aliphatic rings. The molecule has 1 aromatic carbocycles. The van der Waals surface area contributed by atoms with Gasteiger partial charge in [0.1, 0.15) is 0 Å². The Bertz CT molecular complexity index is 770. The molecule has 0 amide bonds. The number of ether oxygens (including phenoxy) is 1. The highest BCUT2D eigenvalue weighted by molar-refractivity contribution is 14.0. The lowest BCUT2D eigenvalue weighted by Crippen LogP contribution is -2.45. The van der Waals surface area contributed by atoms with Crippen LogP contribution in [0.2, 0.25) is 0 Å². The third-order valence-corrected chi connectivity index (χ3v) is 6.16. The molecule has 1 atom stereocenters. The Balaban J connectivity index is 0.00000392. The Morgan fingerprint density at radius 3 is 2.50 bits per heavy atom. The van der Waals surface area contributed by atoms with E-state index in [1.807, 2.05) is 26.8 Å². The molecule has 1 fully saturated rings. The minimum atomic E-state index is -3.61. The first-order valence-corrected chi connectivity index (χ1v) is 10.7. The molecule has 1 aliphatic heterocycles. The maximum Gasteiger partial charge on any atom is 0.241 e. The lowest BCUT2D eigenvalue weighted by atomic mass is 10.0. The summed E-state index contributed by atoms with van der Waals surface area (Å²) in [6.45, 7) is 9.34. The highest BCUT2D eigenvalue weighted by Crippen LogP contribution is 2.23. The van der Waals surface area contributed by atoms with Gasteiger partial charge in [0.15, 0.2) is 5.96 Å². The molecule has 160 valence electrons. The van der Waals surface area contributed by atoms with E-state index < -0.39 is 15.6 Å². The number of sulfonamides is 1. The van der Waals surface area contributed by atoms with Crippen molar-refractivity contribution < 1.29 is 13.2 Å². The number of nitrogens with zero attached hydrogens (tertiary/aromatic N) is 1. The summed E-state index contributed by atoms with van der Waals surface area (Å²) in [4.78, 5) is 4.49. The van der Waals surface area contributed by atoms with E-state index in [0.717, 1.165) is 19.4 Å². The van der Waals surface area contributed by atoms with Crippen LogP contribution in [0.5, 0.6) is 0 Å². The van der Waals surface area contributed by atoms with Crippen LogP contribution < -0.4 is 15.4 Å². The molecule has 2 rings (SSSR count). The summed E-state index contributed by atoms with van der Waals surface area (Å²) in [5.74, 6) is 0.614. The van der Waals surface area contributed by atoms with Crippen LogP contribution in [0.3, 0.4) is 0 Å². The molecule has 1 unspecified atom stereocenters. The van der Waals surface area contributed by atoms with Gasteiger partial charge in [-0.25, -0.2) is 13.1 Å². The molecule has 1 heterocycles. The highest BCUT2D eigenvalue weighted by atomic mass is 127. The predicted octanol–water partition coefficient (Wildman–Crippen LogP) is 2.62. The van der Waals surface area contributed by atoms with Crippen molar-refractivity contribution in [2.24, 2.45) is 4.99 Å². The van der Waals surface area contributed by atoms with Crippen LogP contribution >= 0.6 is 24.0 Å². The van der Waals surface area contributed by atoms with E-state index in [2.05, 4.69) is 27.3 Å². The van der Waals surface area contributed by atoms with Crippen molar-refractivity contribution in [2.45, 2.75) is 63.1 Å². The summed E-state index contributed by atoms with van der Waals surface area (Å²) in [5, 5.41) is 6.46. The van der Waals surface area contributed by atoms with Gasteiger partial charge in [-0.15, -0.1) is 24.0 Å². The lowest BCUT2D eigenvalue weighted by molar-refractivity contribution is 0.0243. The van der Waals surface area contributed by atoms with Gasteiger partial charge < -0.3 is 15.4 Å². The second-order valence-corrected chi connectivity index (χ2v) is 9.80. The first-order chi connectivity index (χ1) is 12.5. The van der Waals surface area contributed by atoms with Crippen molar-refractivity contribution in [2.75, 3.05) is 20.2 Å². The minimum Gasteiger partial charge on any atom is -0.373 e. The highest BCUT2D eigenvalue weighted by Gasteiger charge is 2.30. The second kappa shape index (κ2) is 10.2. The maximum absolute atomic E-state index is 12.7. The Labute approximate surface area is 186 Å². The number of guanidine groups is 1. The standard InChI is InChI=1S/C19H32N4O3S.HI/c1-18(2,3)23-27(24,25)16-10-7-6-9-15(16)13-21-17(20-5)22-14-19(4)11-8-12-26-19;/h6-7,9-10,23H,8,11-14H2,1-5H3,(H2,20,21,22);1H. The zero-order valence-corrected chi connectivity index (χ0v) is 20.5. The van der Waals surface area contributed by atoms with Gasteiger partial charge in [-0.05, 0) is 52.2 Å². The largest absolute Gasteiger partial charge is 0.373 e. The fourth-order valence-electron chi connectivity index (χ4n) is 3.02. The van der Waals surface area contributed by atoms with Crippen molar-refractivity contribution in [3.05, 3.63) is 29.8 Å². The lowest BCUT2D eigenvalue weighted by Gasteiger charge is -2.25. The van der Waals surface area contributed by atoms with Gasteiger partial charge in [0, 0.05) is 32.3 Å². The molecular formula is C19H33IN4O3S. The minimum absolute atomic E-state index is 0. The predicted molar refractivity (Wildman–Crippen MR) is 124 cm³/mol. The smallest absolute Gasteiger partial charge is 0.241 e. The first-order valence-electron chi connectivity index (χ1n) is 9.25. The number of benzene rings is 1. The molecule has 0 saturated carbocycles. The molecule has 0 aliphatic carbocycles. The first kappa shape index (κ1) is 25.1. The summed E-state index contributed by atoms with van der Waals surface area (Å²) in [5.41, 5.74) is -0.0519. The van der Waals surface area contributed by atoms with Crippen molar-refractivity contribution in [3.8, 4) is 0 Å². The molecule has 1 aromatic rings. The van der Waals surface area contributed by atoms with Crippen molar-refractivity contribution in [3.63, 3.8) is 0 Å². The quantitative estimate of drug-likeness (QED) is 0.303. The normalized spacial score (nSPS) is 20.5. The van der Waals surface area contributed by atoms with E-state index in [1.54, 1.807) is 25.2 Å². The van der Waals surface area contributed by atoms with E-state index in [9.17, 15) is 8.42 Å². The van der Waals surface area contributed by atoms with Crippen LogP contribution in [0.15, 0.2) is 34.2 Å². The monoisotopic (exact) mass is 524 g/mol. The van der Waals surface area contributed by atoms with Crippen LogP contribution in [0.1, 0.15) is 46.1 Å². The second-order valence-electron chi connectivity index (χ2n) is 8.14. The van der Waals surface area contributed by atoms with Gasteiger partial charge in [0.2, 0.25) is 10.0 Å². The van der Waals surface area contributed by atoms with Crippen molar-refractivity contribution >= 4 is 40.0 Å². The van der Waals surface area contributed by atoms with Crippen LogP contribution in [0, 0.1) is 0 Å². The van der Waals surface area contributed by atoms with Crippen LogP contribution in [-0.2, 0) is 21.3 Å². The van der Waals surface area contributed by atoms with Crippen molar-refractivity contribution in [1.82, 2.24) is 15.4 Å².